The molecule has 1 saturated carbocycles. The number of nitrogens with one attached hydrogen (secondary N) is 2. The average Bonchev–Trinajstić information content (AvgIpc) is 3.27. The predicted molar refractivity (Wildman–Crippen MR) is 97.4 cm³/mol. The molecule has 26 heavy (non-hydrogen) atoms. The number of amides is 4. The summed E-state index contributed by atoms with van der Waals surface area (Å²) < 4.78 is 0. The molecule has 1 aromatic carbocycles. The van der Waals surface area contributed by atoms with Crippen molar-refractivity contribution in [2.75, 3.05) is 18.4 Å². The monoisotopic (exact) mass is 353 g/mol. The van der Waals surface area contributed by atoms with Gasteiger partial charge in [-0.25, -0.2) is 4.79 Å². The fourth-order valence-electron chi connectivity index (χ4n) is 4.64. The van der Waals surface area contributed by atoms with Gasteiger partial charge in [-0.1, -0.05) is 30.4 Å². The summed E-state index contributed by atoms with van der Waals surface area (Å²) in [6, 6.07) is 5.48. The molecule has 136 valence electrons. The Morgan fingerprint density at radius 3 is 2.23 bits per heavy atom. The molecule has 0 spiro atoms. The number of benzene rings is 1. The average molecular weight is 353 g/mol. The summed E-state index contributed by atoms with van der Waals surface area (Å²) in [5, 5.41) is 5.59. The van der Waals surface area contributed by atoms with Crippen LogP contribution in [0.4, 0.5) is 10.5 Å². The SMILES string of the molecule is Cc1cccc(C)c1NC(=O)NCCN1C(=O)[C@@H]2[C@@H](C1=O)[C@H]1C=C[C@H]2C1. The summed E-state index contributed by atoms with van der Waals surface area (Å²) >= 11 is 0. The van der Waals surface area contributed by atoms with E-state index in [1.54, 1.807) is 0 Å². The highest BCUT2D eigenvalue weighted by atomic mass is 16.2. The number of carbonyl (C=O) groups excluding carboxylic acids is 3. The van der Waals surface area contributed by atoms with E-state index in [0.717, 1.165) is 23.2 Å². The molecular formula is C20H23N3O3. The number of rotatable bonds is 4. The van der Waals surface area contributed by atoms with Crippen LogP contribution < -0.4 is 10.6 Å². The molecule has 2 N–H and O–H groups in total. The van der Waals surface area contributed by atoms with Crippen molar-refractivity contribution in [1.29, 1.82) is 0 Å². The molecule has 6 heteroatoms. The highest BCUT2D eigenvalue weighted by Crippen LogP contribution is 2.52. The standard InChI is InChI=1S/C20H23N3O3/c1-11-4-3-5-12(2)17(11)22-20(26)21-8-9-23-18(24)15-13-6-7-14(10-13)16(15)19(23)25/h3-7,13-16H,8-10H2,1-2H3,(H2,21,22,26)/t13-,14-,15-,16-/m0/s1. The van der Waals surface area contributed by atoms with Gasteiger partial charge in [-0.2, -0.15) is 0 Å². The molecule has 1 aliphatic heterocycles. The third-order valence-corrected chi connectivity index (χ3v) is 5.90. The van der Waals surface area contributed by atoms with Crippen molar-refractivity contribution < 1.29 is 14.4 Å². The number of likely N-dealkylation sites (tertiary alicyclic amines) is 1. The number of anilines is 1. The van der Waals surface area contributed by atoms with Crippen LogP contribution in [0.25, 0.3) is 0 Å². The number of hydrogen-bond acceptors (Lipinski definition) is 3. The summed E-state index contributed by atoms with van der Waals surface area (Å²) in [6.07, 6.45) is 5.09. The van der Waals surface area contributed by atoms with Gasteiger partial charge in [0.1, 0.15) is 0 Å². The lowest BCUT2D eigenvalue weighted by atomic mass is 9.85. The van der Waals surface area contributed by atoms with Crippen LogP contribution in [0.1, 0.15) is 17.5 Å². The number of aryl methyl sites for hydroxylation is 2. The van der Waals surface area contributed by atoms with Gasteiger partial charge in [-0.3, -0.25) is 14.5 Å². The molecular weight excluding hydrogens is 330 g/mol. The molecule has 2 aliphatic carbocycles. The Kier molecular flexibility index (Phi) is 4.05. The largest absolute Gasteiger partial charge is 0.336 e. The maximum atomic E-state index is 12.6. The van der Waals surface area contributed by atoms with E-state index < -0.39 is 0 Å². The van der Waals surface area contributed by atoms with Crippen LogP contribution in [0, 0.1) is 37.5 Å². The third kappa shape index (κ3) is 2.60. The van der Waals surface area contributed by atoms with Gasteiger partial charge >= 0.3 is 6.03 Å². The molecule has 4 amide bonds. The lowest BCUT2D eigenvalue weighted by Gasteiger charge is -2.18. The Hall–Kier alpha value is -2.63. The van der Waals surface area contributed by atoms with Crippen molar-refractivity contribution in [3.8, 4) is 0 Å². The molecule has 0 radical (unpaired) electrons. The Bertz CT molecular complexity index is 766. The zero-order valence-electron chi connectivity index (χ0n) is 15.0. The second-order valence-corrected chi connectivity index (χ2v) is 7.48. The van der Waals surface area contributed by atoms with E-state index in [1.165, 1.54) is 4.90 Å². The van der Waals surface area contributed by atoms with E-state index >= 15 is 0 Å². The molecule has 1 aromatic rings. The van der Waals surface area contributed by atoms with Crippen molar-refractivity contribution in [2.45, 2.75) is 20.3 Å². The van der Waals surface area contributed by atoms with Gasteiger partial charge in [0.15, 0.2) is 0 Å². The predicted octanol–water partition coefficient (Wildman–Crippen LogP) is 2.23. The second-order valence-electron chi connectivity index (χ2n) is 7.48. The van der Waals surface area contributed by atoms with Crippen molar-refractivity contribution in [2.24, 2.45) is 23.7 Å². The Labute approximate surface area is 152 Å². The van der Waals surface area contributed by atoms with Gasteiger partial charge in [0.2, 0.25) is 11.8 Å². The van der Waals surface area contributed by atoms with Gasteiger partial charge in [-0.05, 0) is 43.2 Å². The van der Waals surface area contributed by atoms with Crippen molar-refractivity contribution >= 4 is 23.5 Å². The van der Waals surface area contributed by atoms with Gasteiger partial charge in [0, 0.05) is 18.8 Å². The van der Waals surface area contributed by atoms with Crippen LogP contribution in [-0.4, -0.2) is 35.8 Å². The summed E-state index contributed by atoms with van der Waals surface area (Å²) in [5.74, 6) is -0.0806. The Morgan fingerprint density at radius 1 is 1.08 bits per heavy atom. The normalized spacial score (nSPS) is 28.6. The second kappa shape index (κ2) is 6.27. The minimum atomic E-state index is -0.330. The molecule has 2 bridgehead atoms. The number of urea groups is 1. The fourth-order valence-corrected chi connectivity index (χ4v) is 4.64. The van der Waals surface area contributed by atoms with Gasteiger partial charge in [-0.15, -0.1) is 0 Å². The van der Waals surface area contributed by atoms with Crippen LogP contribution in [0.3, 0.4) is 0 Å². The molecule has 1 heterocycles. The van der Waals surface area contributed by atoms with Crippen LogP contribution in [0.15, 0.2) is 30.4 Å². The number of allylic oxidation sites excluding steroid dienone is 2. The molecule has 1 saturated heterocycles. The topological polar surface area (TPSA) is 78.5 Å². The van der Waals surface area contributed by atoms with E-state index in [1.807, 2.05) is 32.0 Å². The first-order chi connectivity index (χ1) is 12.5. The number of hydrogen-bond donors (Lipinski definition) is 2. The number of carbonyl (C=O) groups is 3. The fraction of sp³-hybridized carbons (Fsp3) is 0.450. The molecule has 2 fully saturated rings. The Morgan fingerprint density at radius 2 is 1.65 bits per heavy atom. The van der Waals surface area contributed by atoms with Crippen LogP contribution in [0.2, 0.25) is 0 Å². The number of fused-ring (bicyclic) bond motifs is 5. The zero-order chi connectivity index (χ0) is 18.4. The zero-order valence-corrected chi connectivity index (χ0v) is 15.0. The molecule has 4 rings (SSSR count). The van der Waals surface area contributed by atoms with E-state index in [4.69, 9.17) is 0 Å². The first-order valence-corrected chi connectivity index (χ1v) is 9.12. The van der Waals surface area contributed by atoms with Crippen molar-refractivity contribution in [3.63, 3.8) is 0 Å². The van der Waals surface area contributed by atoms with Gasteiger partial charge < -0.3 is 10.6 Å². The lowest BCUT2D eigenvalue weighted by Crippen LogP contribution is -2.41. The van der Waals surface area contributed by atoms with Crippen molar-refractivity contribution in [3.05, 3.63) is 41.5 Å². The first kappa shape index (κ1) is 16.8. The number of imide groups is 1. The summed E-state index contributed by atoms with van der Waals surface area (Å²) in [6.45, 7) is 4.34. The maximum absolute atomic E-state index is 12.6. The minimum Gasteiger partial charge on any atom is -0.336 e. The summed E-state index contributed by atoms with van der Waals surface area (Å²) in [4.78, 5) is 38.6. The van der Waals surface area contributed by atoms with E-state index in [0.29, 0.717) is 0 Å². The molecule has 4 atom stereocenters. The van der Waals surface area contributed by atoms with Crippen LogP contribution in [-0.2, 0) is 9.59 Å². The Balaban J connectivity index is 1.32. The van der Waals surface area contributed by atoms with Gasteiger partial charge in [0.25, 0.3) is 0 Å². The quantitative estimate of drug-likeness (QED) is 0.644. The van der Waals surface area contributed by atoms with Gasteiger partial charge in [0.05, 0.1) is 11.8 Å². The highest BCUT2D eigenvalue weighted by molar-refractivity contribution is 6.06. The summed E-state index contributed by atoms with van der Waals surface area (Å²) in [7, 11) is 0. The molecule has 6 nitrogen and oxygen atoms in total. The third-order valence-electron chi connectivity index (χ3n) is 5.90. The smallest absolute Gasteiger partial charge is 0.319 e. The number of nitrogens with zero attached hydrogens (tertiary/aromatic N) is 1. The maximum Gasteiger partial charge on any atom is 0.319 e. The molecule has 3 aliphatic rings. The van der Waals surface area contributed by atoms with Crippen LogP contribution >= 0.6 is 0 Å². The number of para-hydroxylation sites is 1. The van der Waals surface area contributed by atoms with Crippen molar-refractivity contribution in [1.82, 2.24) is 10.2 Å². The lowest BCUT2D eigenvalue weighted by molar-refractivity contribution is -0.140. The van der Waals surface area contributed by atoms with E-state index in [-0.39, 0.29) is 54.6 Å². The summed E-state index contributed by atoms with van der Waals surface area (Å²) in [5.41, 5.74) is 2.76. The first-order valence-electron chi connectivity index (χ1n) is 9.12. The van der Waals surface area contributed by atoms with E-state index in [2.05, 4.69) is 22.8 Å². The molecule has 0 unspecified atom stereocenters. The highest BCUT2D eigenvalue weighted by Gasteiger charge is 2.58. The van der Waals surface area contributed by atoms with Crippen LogP contribution in [0.5, 0.6) is 0 Å². The molecule has 0 aromatic heterocycles. The van der Waals surface area contributed by atoms with E-state index in [9.17, 15) is 14.4 Å². The minimum absolute atomic E-state index is 0.0752.